The second-order valence-electron chi connectivity index (χ2n) is 5.84. The fourth-order valence-electron chi connectivity index (χ4n) is 3.45. The third-order valence-corrected chi connectivity index (χ3v) is 4.49. The van der Waals surface area contributed by atoms with E-state index in [-0.39, 0.29) is 0 Å². The van der Waals surface area contributed by atoms with Gasteiger partial charge in [-0.1, -0.05) is 20.3 Å². The maximum atomic E-state index is 5.87. The van der Waals surface area contributed by atoms with E-state index in [0.717, 1.165) is 18.7 Å². The first kappa shape index (κ1) is 14.3. The van der Waals surface area contributed by atoms with Gasteiger partial charge in [0.15, 0.2) is 0 Å². The van der Waals surface area contributed by atoms with E-state index in [0.29, 0.717) is 6.10 Å². The molecule has 3 nitrogen and oxygen atoms in total. The summed E-state index contributed by atoms with van der Waals surface area (Å²) in [7, 11) is 0. The molecule has 2 aliphatic heterocycles. The standard InChI is InChI=1S/C15H30N2O/c1-3-6-15-11-14(8-10-18-15)17(4-2)12-13-7-5-9-16-13/h13-16H,3-12H2,1-2H3. The van der Waals surface area contributed by atoms with Crippen molar-refractivity contribution in [3.05, 3.63) is 0 Å². The van der Waals surface area contributed by atoms with Gasteiger partial charge < -0.3 is 10.1 Å². The zero-order chi connectivity index (χ0) is 12.8. The minimum absolute atomic E-state index is 0.513. The number of nitrogens with zero attached hydrogens (tertiary/aromatic N) is 1. The van der Waals surface area contributed by atoms with Gasteiger partial charge in [0.2, 0.25) is 0 Å². The van der Waals surface area contributed by atoms with Gasteiger partial charge in [0.1, 0.15) is 0 Å². The number of nitrogens with one attached hydrogen (secondary N) is 1. The molecule has 0 radical (unpaired) electrons. The first-order valence-corrected chi connectivity index (χ1v) is 7.92. The van der Waals surface area contributed by atoms with Gasteiger partial charge in [-0.2, -0.15) is 0 Å². The molecule has 3 heteroatoms. The monoisotopic (exact) mass is 254 g/mol. The van der Waals surface area contributed by atoms with Crippen LogP contribution >= 0.6 is 0 Å². The molecule has 0 aromatic rings. The van der Waals surface area contributed by atoms with E-state index in [1.165, 1.54) is 58.2 Å². The van der Waals surface area contributed by atoms with Gasteiger partial charge in [-0.15, -0.1) is 0 Å². The topological polar surface area (TPSA) is 24.5 Å². The molecular formula is C15H30N2O. The van der Waals surface area contributed by atoms with Crippen LogP contribution in [0.1, 0.15) is 52.4 Å². The third kappa shape index (κ3) is 3.94. The maximum Gasteiger partial charge on any atom is 0.0590 e. The molecule has 0 aliphatic carbocycles. The van der Waals surface area contributed by atoms with Crippen LogP contribution in [-0.4, -0.2) is 49.3 Å². The maximum absolute atomic E-state index is 5.87. The van der Waals surface area contributed by atoms with E-state index in [4.69, 9.17) is 4.74 Å². The Labute approximate surface area is 112 Å². The zero-order valence-corrected chi connectivity index (χ0v) is 12.2. The summed E-state index contributed by atoms with van der Waals surface area (Å²) in [6.07, 6.45) is 8.17. The molecule has 0 bridgehead atoms. The quantitative estimate of drug-likeness (QED) is 0.788. The highest BCUT2D eigenvalue weighted by atomic mass is 16.5. The van der Waals surface area contributed by atoms with Gasteiger partial charge in [0.05, 0.1) is 6.10 Å². The number of hydrogen-bond acceptors (Lipinski definition) is 3. The van der Waals surface area contributed by atoms with Crippen LogP contribution in [0.3, 0.4) is 0 Å². The molecule has 18 heavy (non-hydrogen) atoms. The Kier molecular flexibility index (Phi) is 5.93. The first-order valence-electron chi connectivity index (χ1n) is 7.92. The third-order valence-electron chi connectivity index (χ3n) is 4.49. The average Bonchev–Trinajstić information content (AvgIpc) is 2.89. The van der Waals surface area contributed by atoms with Gasteiger partial charge in [0.25, 0.3) is 0 Å². The molecule has 3 atom stereocenters. The molecule has 0 amide bonds. The molecule has 2 heterocycles. The van der Waals surface area contributed by atoms with Crippen LogP contribution in [0, 0.1) is 0 Å². The molecule has 2 rings (SSSR count). The van der Waals surface area contributed by atoms with E-state index in [1.807, 2.05) is 0 Å². The van der Waals surface area contributed by atoms with E-state index >= 15 is 0 Å². The Hall–Kier alpha value is -0.120. The van der Waals surface area contributed by atoms with Crippen molar-refractivity contribution < 1.29 is 4.74 Å². The van der Waals surface area contributed by atoms with Crippen LogP contribution in [-0.2, 0) is 4.74 Å². The normalized spacial score (nSPS) is 33.2. The Morgan fingerprint density at radius 1 is 1.28 bits per heavy atom. The van der Waals surface area contributed by atoms with Crippen molar-refractivity contribution >= 4 is 0 Å². The minimum Gasteiger partial charge on any atom is -0.378 e. The van der Waals surface area contributed by atoms with Crippen LogP contribution in [0.15, 0.2) is 0 Å². The van der Waals surface area contributed by atoms with E-state index in [9.17, 15) is 0 Å². The lowest BCUT2D eigenvalue weighted by Crippen LogP contribution is -2.47. The molecule has 2 saturated heterocycles. The van der Waals surface area contributed by atoms with Crippen molar-refractivity contribution in [2.75, 3.05) is 26.2 Å². The number of likely N-dealkylation sites (N-methyl/N-ethyl adjacent to an activating group) is 1. The minimum atomic E-state index is 0.513. The summed E-state index contributed by atoms with van der Waals surface area (Å²) in [4.78, 5) is 2.69. The van der Waals surface area contributed by atoms with E-state index in [1.54, 1.807) is 0 Å². The van der Waals surface area contributed by atoms with Crippen molar-refractivity contribution in [2.24, 2.45) is 0 Å². The Balaban J connectivity index is 1.82. The molecule has 0 aromatic heterocycles. The van der Waals surface area contributed by atoms with Crippen molar-refractivity contribution in [3.8, 4) is 0 Å². The van der Waals surface area contributed by atoms with Crippen molar-refractivity contribution in [2.45, 2.75) is 70.6 Å². The van der Waals surface area contributed by atoms with Gasteiger partial charge in [-0.25, -0.2) is 0 Å². The van der Waals surface area contributed by atoms with Crippen LogP contribution in [0.2, 0.25) is 0 Å². The van der Waals surface area contributed by atoms with E-state index < -0.39 is 0 Å². The molecule has 2 fully saturated rings. The number of hydrogen-bond donors (Lipinski definition) is 1. The summed E-state index contributed by atoms with van der Waals surface area (Å²) < 4.78 is 5.87. The second-order valence-corrected chi connectivity index (χ2v) is 5.84. The molecule has 3 unspecified atom stereocenters. The van der Waals surface area contributed by atoms with Crippen LogP contribution in [0.5, 0.6) is 0 Å². The van der Waals surface area contributed by atoms with Crippen molar-refractivity contribution in [3.63, 3.8) is 0 Å². The number of rotatable bonds is 6. The number of ether oxygens (including phenoxy) is 1. The van der Waals surface area contributed by atoms with Crippen LogP contribution in [0.4, 0.5) is 0 Å². The Morgan fingerprint density at radius 3 is 2.83 bits per heavy atom. The Bertz CT molecular complexity index is 227. The first-order chi connectivity index (χ1) is 8.83. The van der Waals surface area contributed by atoms with Gasteiger partial charge in [-0.05, 0) is 45.2 Å². The summed E-state index contributed by atoms with van der Waals surface area (Å²) >= 11 is 0. The predicted molar refractivity (Wildman–Crippen MR) is 75.9 cm³/mol. The van der Waals surface area contributed by atoms with Gasteiger partial charge in [-0.3, -0.25) is 4.90 Å². The summed E-state index contributed by atoms with van der Waals surface area (Å²) in [6, 6.07) is 1.49. The highest BCUT2D eigenvalue weighted by Crippen LogP contribution is 2.23. The van der Waals surface area contributed by atoms with Crippen LogP contribution < -0.4 is 5.32 Å². The fourth-order valence-corrected chi connectivity index (χ4v) is 3.45. The predicted octanol–water partition coefficient (Wildman–Crippen LogP) is 2.41. The molecule has 0 aromatic carbocycles. The summed E-state index contributed by atoms with van der Waals surface area (Å²) in [5.41, 5.74) is 0. The zero-order valence-electron chi connectivity index (χ0n) is 12.2. The highest BCUT2D eigenvalue weighted by molar-refractivity contribution is 4.84. The second kappa shape index (κ2) is 7.46. The summed E-state index contributed by atoms with van der Waals surface area (Å²) in [6.45, 7) is 9.16. The lowest BCUT2D eigenvalue weighted by atomic mass is 9.98. The summed E-state index contributed by atoms with van der Waals surface area (Å²) in [5, 5.41) is 3.62. The lowest BCUT2D eigenvalue weighted by Gasteiger charge is -2.38. The molecule has 0 spiro atoms. The molecule has 106 valence electrons. The summed E-state index contributed by atoms with van der Waals surface area (Å²) in [5.74, 6) is 0. The molecule has 1 N–H and O–H groups in total. The molecule has 2 aliphatic rings. The van der Waals surface area contributed by atoms with Crippen molar-refractivity contribution in [1.82, 2.24) is 10.2 Å². The average molecular weight is 254 g/mol. The highest BCUT2D eigenvalue weighted by Gasteiger charge is 2.28. The molecular weight excluding hydrogens is 224 g/mol. The Morgan fingerprint density at radius 2 is 2.17 bits per heavy atom. The van der Waals surface area contributed by atoms with Crippen molar-refractivity contribution in [1.29, 1.82) is 0 Å². The van der Waals surface area contributed by atoms with Gasteiger partial charge in [0, 0.05) is 25.2 Å². The SMILES string of the molecule is CCCC1CC(N(CC)CC2CCCN2)CCO1. The van der Waals surface area contributed by atoms with E-state index in [2.05, 4.69) is 24.1 Å². The lowest BCUT2D eigenvalue weighted by molar-refractivity contribution is -0.0310. The van der Waals surface area contributed by atoms with Crippen LogP contribution in [0.25, 0.3) is 0 Å². The smallest absolute Gasteiger partial charge is 0.0590 e. The molecule has 0 saturated carbocycles. The largest absolute Gasteiger partial charge is 0.378 e. The fraction of sp³-hybridized carbons (Fsp3) is 1.00. The van der Waals surface area contributed by atoms with Gasteiger partial charge >= 0.3 is 0 Å².